The van der Waals surface area contributed by atoms with Gasteiger partial charge in [-0.25, -0.2) is 4.79 Å². The van der Waals surface area contributed by atoms with Crippen molar-refractivity contribution in [3.8, 4) is 23.0 Å². The summed E-state index contributed by atoms with van der Waals surface area (Å²) >= 11 is 12.7. The Hall–Kier alpha value is -4.33. The van der Waals surface area contributed by atoms with Crippen LogP contribution in [0.25, 0.3) is 0 Å². The second kappa shape index (κ2) is 15.3. The van der Waals surface area contributed by atoms with E-state index < -0.39 is 28.8 Å². The highest BCUT2D eigenvalue weighted by atomic mass is 35.5. The molecular weight excluding hydrogens is 695 g/mol. The van der Waals surface area contributed by atoms with E-state index in [0.29, 0.717) is 10.3 Å². The van der Waals surface area contributed by atoms with E-state index in [4.69, 9.17) is 41.6 Å². The van der Waals surface area contributed by atoms with Gasteiger partial charge in [0.1, 0.15) is 22.8 Å². The first-order valence-corrected chi connectivity index (χ1v) is 17.1. The monoisotopic (exact) mass is 723 g/mol. The second-order valence-corrected chi connectivity index (χ2v) is 13.3. The summed E-state index contributed by atoms with van der Waals surface area (Å²) < 4.78 is 78.2. The first-order valence-electron chi connectivity index (χ1n) is 14.5. The molecule has 0 saturated heterocycles. The standard InChI is InChI=1S/C33H29Cl2F2NO9S/c1-48(41,42)47-31-14-23(10-11-27(31)43-18-20-5-3-2-4-6-20)32(39)45-29(15-24-25(34)16-38(40)17-26(24)35)22-9-12-28(46-33(36)37)30(13-22)44-19-21-7-8-21/h2-6,9-14,16-17,21,29,33H,7-8,15,18-19H2,1H3. The molecule has 0 spiro atoms. The van der Waals surface area contributed by atoms with E-state index in [1.54, 1.807) is 0 Å². The minimum Gasteiger partial charge on any atom is -0.619 e. The van der Waals surface area contributed by atoms with Gasteiger partial charge in [-0.15, -0.1) is 0 Å². The summed E-state index contributed by atoms with van der Waals surface area (Å²) in [5.41, 5.74) is 1.27. The topological polar surface area (TPSA) is 124 Å². The first kappa shape index (κ1) is 35.0. The van der Waals surface area contributed by atoms with Crippen LogP contribution in [0.2, 0.25) is 10.0 Å². The Morgan fingerprint density at radius 2 is 1.62 bits per heavy atom. The minimum atomic E-state index is -4.04. The number of halogens is 4. The molecule has 3 aromatic carbocycles. The molecule has 0 bridgehead atoms. The summed E-state index contributed by atoms with van der Waals surface area (Å²) in [5.74, 6) is -1.03. The molecule has 1 aromatic heterocycles. The lowest BCUT2D eigenvalue weighted by atomic mass is 10.0. The van der Waals surface area contributed by atoms with Crippen LogP contribution < -0.4 is 23.1 Å². The lowest BCUT2D eigenvalue weighted by Crippen LogP contribution is -2.25. The largest absolute Gasteiger partial charge is 0.619 e. The van der Waals surface area contributed by atoms with Gasteiger partial charge in [0.15, 0.2) is 35.4 Å². The molecule has 1 saturated carbocycles. The van der Waals surface area contributed by atoms with Gasteiger partial charge < -0.3 is 28.3 Å². The summed E-state index contributed by atoms with van der Waals surface area (Å²) in [5, 5.41) is 11.9. The van der Waals surface area contributed by atoms with Crippen molar-refractivity contribution in [2.24, 2.45) is 5.92 Å². The number of carbonyl (C=O) groups is 1. The van der Waals surface area contributed by atoms with Gasteiger partial charge in [0.05, 0.1) is 18.4 Å². The van der Waals surface area contributed by atoms with Crippen LogP contribution in [0.5, 0.6) is 23.0 Å². The predicted octanol–water partition coefficient (Wildman–Crippen LogP) is 7.08. The fourth-order valence-corrected chi connectivity index (χ4v) is 5.63. The number of alkyl halides is 2. The van der Waals surface area contributed by atoms with Gasteiger partial charge >= 0.3 is 22.7 Å². The normalized spacial score (nSPS) is 13.5. The number of hydrogen-bond acceptors (Lipinski definition) is 9. The molecule has 1 aliphatic carbocycles. The highest BCUT2D eigenvalue weighted by Gasteiger charge is 2.27. The summed E-state index contributed by atoms with van der Waals surface area (Å²) in [4.78, 5) is 13.6. The van der Waals surface area contributed by atoms with Crippen LogP contribution in [-0.4, -0.2) is 33.9 Å². The highest BCUT2D eigenvalue weighted by molar-refractivity contribution is 7.86. The SMILES string of the molecule is CS(=O)(=O)Oc1cc(C(=O)OC(Cc2c(Cl)c[n+]([O-])cc2Cl)c2ccc(OC(F)F)c(OCC3CC3)c2)ccc1OCc1ccccc1. The van der Waals surface area contributed by atoms with Gasteiger partial charge in [-0.2, -0.15) is 21.9 Å². The van der Waals surface area contributed by atoms with Gasteiger partial charge in [-0.1, -0.05) is 59.6 Å². The molecule has 10 nitrogen and oxygen atoms in total. The number of benzene rings is 3. The summed E-state index contributed by atoms with van der Waals surface area (Å²) in [7, 11) is -4.04. The summed E-state index contributed by atoms with van der Waals surface area (Å²) in [6.07, 6.45) is 3.58. The molecule has 5 rings (SSSR count). The fourth-order valence-electron chi connectivity index (χ4n) is 4.58. The van der Waals surface area contributed by atoms with Crippen LogP contribution in [0.3, 0.4) is 0 Å². The number of aromatic nitrogens is 1. The zero-order valence-corrected chi connectivity index (χ0v) is 27.6. The Labute approximate surface area is 285 Å². The van der Waals surface area contributed by atoms with Crippen LogP contribution in [0.15, 0.2) is 79.1 Å². The molecule has 1 heterocycles. The number of esters is 1. The van der Waals surface area contributed by atoms with E-state index in [0.717, 1.165) is 43.1 Å². The molecule has 1 unspecified atom stereocenters. The third kappa shape index (κ3) is 9.85. The Morgan fingerprint density at radius 3 is 2.27 bits per heavy atom. The van der Waals surface area contributed by atoms with Gasteiger partial charge in [0.2, 0.25) is 0 Å². The van der Waals surface area contributed by atoms with Gasteiger partial charge in [-0.3, -0.25) is 0 Å². The van der Waals surface area contributed by atoms with Gasteiger partial charge in [0.25, 0.3) is 0 Å². The molecule has 0 aliphatic heterocycles. The molecule has 15 heteroatoms. The average molecular weight is 725 g/mol. The molecule has 0 N–H and O–H groups in total. The van der Waals surface area contributed by atoms with Crippen LogP contribution in [0, 0.1) is 11.1 Å². The van der Waals surface area contributed by atoms with Crippen molar-refractivity contribution in [3.05, 3.63) is 117 Å². The minimum absolute atomic E-state index is 0.00663. The third-order valence-electron chi connectivity index (χ3n) is 7.08. The Bertz CT molecular complexity index is 1850. The van der Waals surface area contributed by atoms with Crippen molar-refractivity contribution < 1.29 is 49.9 Å². The Kier molecular flexibility index (Phi) is 11.1. The average Bonchev–Trinajstić information content (AvgIpc) is 3.85. The molecular formula is C33H29Cl2F2NO9S. The molecule has 254 valence electrons. The number of rotatable bonds is 15. The molecule has 1 aliphatic rings. The molecule has 0 amide bonds. The maximum atomic E-state index is 13.6. The van der Waals surface area contributed by atoms with Crippen LogP contribution in [0.1, 0.15) is 46.0 Å². The van der Waals surface area contributed by atoms with Gasteiger partial charge in [-0.05, 0) is 54.2 Å². The quantitative estimate of drug-likeness (QED) is 0.0548. The second-order valence-electron chi connectivity index (χ2n) is 11.0. The first-order chi connectivity index (χ1) is 22.8. The van der Waals surface area contributed by atoms with Gasteiger partial charge in [0, 0.05) is 18.1 Å². The number of ether oxygens (including phenoxy) is 4. The fraction of sp³-hybridized carbons (Fsp3) is 0.273. The zero-order valence-electron chi connectivity index (χ0n) is 25.3. The third-order valence-corrected chi connectivity index (χ3v) is 8.22. The van der Waals surface area contributed by atoms with Crippen molar-refractivity contribution in [2.45, 2.75) is 38.6 Å². The molecule has 1 atom stereocenters. The Balaban J connectivity index is 1.47. The number of nitrogens with zero attached hydrogens (tertiary/aromatic N) is 1. The lowest BCUT2D eigenvalue weighted by Gasteiger charge is -2.22. The molecule has 1 fully saturated rings. The van der Waals surface area contributed by atoms with Crippen LogP contribution in [0.4, 0.5) is 8.78 Å². The van der Waals surface area contributed by atoms with Crippen molar-refractivity contribution in [1.82, 2.24) is 0 Å². The molecule has 48 heavy (non-hydrogen) atoms. The molecule has 4 aromatic rings. The number of carbonyl (C=O) groups excluding carboxylic acids is 1. The number of hydrogen-bond donors (Lipinski definition) is 0. The van der Waals surface area contributed by atoms with E-state index in [1.807, 2.05) is 30.3 Å². The maximum Gasteiger partial charge on any atom is 0.387 e. The lowest BCUT2D eigenvalue weighted by molar-refractivity contribution is -0.605. The zero-order chi connectivity index (χ0) is 34.4. The van der Waals surface area contributed by atoms with Crippen molar-refractivity contribution in [3.63, 3.8) is 0 Å². The Morgan fingerprint density at radius 1 is 0.938 bits per heavy atom. The number of pyridine rings is 1. The molecule has 0 radical (unpaired) electrons. The van der Waals surface area contributed by atoms with E-state index in [-0.39, 0.29) is 69.7 Å². The summed E-state index contributed by atoms with van der Waals surface area (Å²) in [6.45, 7) is -2.75. The predicted molar refractivity (Wildman–Crippen MR) is 171 cm³/mol. The maximum absolute atomic E-state index is 13.6. The van der Waals surface area contributed by atoms with Crippen molar-refractivity contribution >= 4 is 39.3 Å². The van der Waals surface area contributed by atoms with E-state index in [1.165, 1.54) is 30.3 Å². The van der Waals surface area contributed by atoms with E-state index in [2.05, 4.69) is 4.74 Å². The summed E-state index contributed by atoms with van der Waals surface area (Å²) in [6, 6.07) is 17.1. The smallest absolute Gasteiger partial charge is 0.387 e. The van der Waals surface area contributed by atoms with Crippen molar-refractivity contribution in [2.75, 3.05) is 12.9 Å². The van der Waals surface area contributed by atoms with Crippen molar-refractivity contribution in [1.29, 1.82) is 0 Å². The van der Waals surface area contributed by atoms with E-state index in [9.17, 15) is 27.2 Å². The van der Waals surface area contributed by atoms with Crippen LogP contribution >= 0.6 is 23.2 Å². The van der Waals surface area contributed by atoms with E-state index >= 15 is 0 Å². The van der Waals surface area contributed by atoms with Crippen LogP contribution in [-0.2, 0) is 27.9 Å². The highest BCUT2D eigenvalue weighted by Crippen LogP contribution is 2.38.